The monoisotopic (exact) mass is 482 g/mol. The summed E-state index contributed by atoms with van der Waals surface area (Å²) < 4.78 is 5.00. The summed E-state index contributed by atoms with van der Waals surface area (Å²) in [5.74, 6) is 0. The van der Waals surface area contributed by atoms with Crippen LogP contribution in [0.2, 0.25) is 0 Å². The lowest BCUT2D eigenvalue weighted by atomic mass is 9.87. The molecule has 3 heteroatoms. The highest BCUT2D eigenvalue weighted by Gasteiger charge is 2.20. The molecule has 0 fully saturated rings. The Morgan fingerprint density at radius 2 is 1.39 bits per heavy atom. The van der Waals surface area contributed by atoms with Crippen molar-refractivity contribution in [1.82, 2.24) is 9.55 Å². The van der Waals surface area contributed by atoms with Gasteiger partial charge in [-0.25, -0.2) is 4.98 Å². The standard InChI is InChI=1S/C33H26N2S/c1-33(2,3)22-13-15-23(16-14-22)35-27-19-17-25-24-11-7-8-12-29(24)36-32(25)30(27)31-28(35)20-18-26(34-31)21-9-5-4-6-10-21/h4-20H,1-3H3. The van der Waals surface area contributed by atoms with Crippen LogP contribution in [0.5, 0.6) is 0 Å². The van der Waals surface area contributed by atoms with Gasteiger partial charge >= 0.3 is 0 Å². The molecule has 174 valence electrons. The average Bonchev–Trinajstić information content (AvgIpc) is 3.44. The molecule has 0 saturated carbocycles. The highest BCUT2D eigenvalue weighted by atomic mass is 32.1. The zero-order chi connectivity index (χ0) is 24.4. The molecule has 36 heavy (non-hydrogen) atoms. The number of hydrogen-bond donors (Lipinski definition) is 0. The Labute approximate surface area is 214 Å². The van der Waals surface area contributed by atoms with Gasteiger partial charge in [0.1, 0.15) is 0 Å². The van der Waals surface area contributed by atoms with Gasteiger partial charge in [0.15, 0.2) is 0 Å². The largest absolute Gasteiger partial charge is 0.308 e. The number of thiophene rings is 1. The molecule has 4 aromatic carbocycles. The number of hydrogen-bond acceptors (Lipinski definition) is 2. The third kappa shape index (κ3) is 3.20. The summed E-state index contributed by atoms with van der Waals surface area (Å²) in [6.07, 6.45) is 0. The fraction of sp³-hybridized carbons (Fsp3) is 0.121. The molecule has 7 rings (SSSR count). The molecule has 0 aliphatic heterocycles. The summed E-state index contributed by atoms with van der Waals surface area (Å²) in [6, 6.07) is 37.1. The number of fused-ring (bicyclic) bond motifs is 7. The molecule has 0 aliphatic rings. The normalized spacial score (nSPS) is 12.3. The zero-order valence-electron chi connectivity index (χ0n) is 20.6. The van der Waals surface area contributed by atoms with E-state index < -0.39 is 0 Å². The highest BCUT2D eigenvalue weighted by Crippen LogP contribution is 2.43. The number of nitrogens with zero attached hydrogens (tertiary/aromatic N) is 2. The Morgan fingerprint density at radius 1 is 0.667 bits per heavy atom. The van der Waals surface area contributed by atoms with E-state index in [4.69, 9.17) is 4.98 Å². The maximum atomic E-state index is 5.28. The van der Waals surface area contributed by atoms with Crippen molar-refractivity contribution in [3.63, 3.8) is 0 Å². The predicted molar refractivity (Wildman–Crippen MR) is 156 cm³/mol. The second-order valence-corrected chi connectivity index (χ2v) is 11.5. The van der Waals surface area contributed by atoms with Crippen molar-refractivity contribution < 1.29 is 0 Å². The van der Waals surface area contributed by atoms with E-state index in [-0.39, 0.29) is 5.41 Å². The third-order valence-electron chi connectivity index (χ3n) is 7.18. The summed E-state index contributed by atoms with van der Waals surface area (Å²) in [4.78, 5) is 5.28. The number of aromatic nitrogens is 2. The molecule has 0 unspecified atom stereocenters. The van der Waals surface area contributed by atoms with E-state index >= 15 is 0 Å². The van der Waals surface area contributed by atoms with Crippen LogP contribution >= 0.6 is 11.3 Å². The Bertz CT molecular complexity index is 1900. The molecule has 0 atom stereocenters. The van der Waals surface area contributed by atoms with Crippen LogP contribution in [0.4, 0.5) is 0 Å². The van der Waals surface area contributed by atoms with Crippen molar-refractivity contribution in [2.75, 3.05) is 0 Å². The van der Waals surface area contributed by atoms with Gasteiger partial charge in [-0.3, -0.25) is 0 Å². The van der Waals surface area contributed by atoms with Crippen molar-refractivity contribution in [2.24, 2.45) is 0 Å². The molecular formula is C33H26N2S. The Hall–Kier alpha value is -3.95. The van der Waals surface area contributed by atoms with Crippen molar-refractivity contribution in [2.45, 2.75) is 26.2 Å². The lowest BCUT2D eigenvalue weighted by Gasteiger charge is -2.19. The second kappa shape index (κ2) is 7.78. The van der Waals surface area contributed by atoms with Gasteiger partial charge in [-0.15, -0.1) is 11.3 Å². The minimum absolute atomic E-state index is 0.120. The number of benzene rings is 4. The fourth-order valence-corrected chi connectivity index (χ4v) is 6.54. The van der Waals surface area contributed by atoms with Crippen molar-refractivity contribution in [3.8, 4) is 16.9 Å². The van der Waals surface area contributed by atoms with Crippen LogP contribution in [0, 0.1) is 0 Å². The maximum absolute atomic E-state index is 5.28. The zero-order valence-corrected chi connectivity index (χ0v) is 21.4. The van der Waals surface area contributed by atoms with Crippen molar-refractivity contribution in [1.29, 1.82) is 0 Å². The molecule has 0 spiro atoms. The lowest BCUT2D eigenvalue weighted by Crippen LogP contribution is -2.10. The van der Waals surface area contributed by atoms with E-state index in [1.807, 2.05) is 11.3 Å². The van der Waals surface area contributed by atoms with E-state index in [0.29, 0.717) is 0 Å². The molecule has 2 nitrogen and oxygen atoms in total. The van der Waals surface area contributed by atoms with Gasteiger partial charge in [-0.05, 0) is 47.4 Å². The van der Waals surface area contributed by atoms with E-state index in [1.165, 1.54) is 36.6 Å². The molecule has 7 aromatic rings. The van der Waals surface area contributed by atoms with Gasteiger partial charge in [0.05, 0.1) is 22.2 Å². The average molecular weight is 483 g/mol. The van der Waals surface area contributed by atoms with Gasteiger partial charge in [-0.1, -0.05) is 87.5 Å². The van der Waals surface area contributed by atoms with Gasteiger partial charge in [0, 0.05) is 36.8 Å². The molecule has 0 N–H and O–H groups in total. The first-order valence-electron chi connectivity index (χ1n) is 12.4. The first-order chi connectivity index (χ1) is 17.5. The van der Waals surface area contributed by atoms with Crippen molar-refractivity contribution in [3.05, 3.63) is 109 Å². The van der Waals surface area contributed by atoms with E-state index in [9.17, 15) is 0 Å². The van der Waals surface area contributed by atoms with Gasteiger partial charge in [-0.2, -0.15) is 0 Å². The van der Waals surface area contributed by atoms with E-state index in [0.717, 1.165) is 28.0 Å². The predicted octanol–water partition coefficient (Wildman–Crippen LogP) is 9.51. The first kappa shape index (κ1) is 21.3. The third-order valence-corrected chi connectivity index (χ3v) is 8.38. The van der Waals surface area contributed by atoms with Crippen LogP contribution in [-0.2, 0) is 5.41 Å². The van der Waals surface area contributed by atoms with Crippen LogP contribution < -0.4 is 0 Å². The first-order valence-corrected chi connectivity index (χ1v) is 13.2. The molecular weight excluding hydrogens is 456 g/mol. The molecule has 0 aliphatic carbocycles. The lowest BCUT2D eigenvalue weighted by molar-refractivity contribution is 0.590. The summed E-state index contributed by atoms with van der Waals surface area (Å²) in [5, 5.41) is 3.85. The van der Waals surface area contributed by atoms with Gasteiger partial charge in [0.25, 0.3) is 0 Å². The van der Waals surface area contributed by atoms with E-state index in [2.05, 4.69) is 128 Å². The molecule has 3 heterocycles. The van der Waals surface area contributed by atoms with Crippen LogP contribution in [-0.4, -0.2) is 9.55 Å². The molecule has 0 amide bonds. The fourth-order valence-electron chi connectivity index (χ4n) is 5.30. The Kier molecular flexibility index (Phi) is 4.61. The van der Waals surface area contributed by atoms with E-state index in [1.54, 1.807) is 0 Å². The van der Waals surface area contributed by atoms with Crippen LogP contribution in [0.3, 0.4) is 0 Å². The molecule has 3 aromatic heterocycles. The quantitative estimate of drug-likeness (QED) is 0.240. The SMILES string of the molecule is CC(C)(C)c1ccc(-n2c3ccc(-c4ccccc4)nc3c3c4sc5ccccc5c4ccc32)cc1. The van der Waals surface area contributed by atoms with Crippen LogP contribution in [0.25, 0.3) is 59.1 Å². The maximum Gasteiger partial charge on any atom is 0.0985 e. The van der Waals surface area contributed by atoms with Gasteiger partial charge < -0.3 is 4.57 Å². The number of pyridine rings is 1. The minimum Gasteiger partial charge on any atom is -0.308 e. The smallest absolute Gasteiger partial charge is 0.0985 e. The summed E-state index contributed by atoms with van der Waals surface area (Å²) in [7, 11) is 0. The number of rotatable bonds is 2. The summed E-state index contributed by atoms with van der Waals surface area (Å²) in [5.41, 5.74) is 8.16. The van der Waals surface area contributed by atoms with Crippen molar-refractivity contribution >= 4 is 53.4 Å². The second-order valence-electron chi connectivity index (χ2n) is 10.5. The highest BCUT2D eigenvalue weighted by molar-refractivity contribution is 7.26. The van der Waals surface area contributed by atoms with Crippen LogP contribution in [0.1, 0.15) is 26.3 Å². The molecule has 0 radical (unpaired) electrons. The topological polar surface area (TPSA) is 17.8 Å². The van der Waals surface area contributed by atoms with Crippen LogP contribution in [0.15, 0.2) is 103 Å². The van der Waals surface area contributed by atoms with Gasteiger partial charge in [0.2, 0.25) is 0 Å². The Balaban J connectivity index is 1.59. The molecule has 0 bridgehead atoms. The Morgan fingerprint density at radius 3 is 2.17 bits per heavy atom. The summed E-state index contributed by atoms with van der Waals surface area (Å²) >= 11 is 1.87. The summed E-state index contributed by atoms with van der Waals surface area (Å²) in [6.45, 7) is 6.78. The molecule has 0 saturated heterocycles. The minimum atomic E-state index is 0.120.